The van der Waals surface area contributed by atoms with Crippen LogP contribution in [0.1, 0.15) is 0 Å². The van der Waals surface area contributed by atoms with Crippen molar-refractivity contribution in [1.29, 1.82) is 0 Å². The fraction of sp³-hybridized carbons (Fsp3) is 0.0667. The first-order valence-electron chi connectivity index (χ1n) is 6.25. The van der Waals surface area contributed by atoms with E-state index < -0.39 is 12.6 Å². The monoisotopic (exact) mass is 337 g/mol. The average Bonchev–Trinajstić information content (AvgIpc) is 2.92. The van der Waals surface area contributed by atoms with E-state index in [-0.39, 0.29) is 15.8 Å². The first-order chi connectivity index (χ1) is 10.6. The number of rotatable bonds is 4. The van der Waals surface area contributed by atoms with Crippen LogP contribution < -0.4 is 4.74 Å². The summed E-state index contributed by atoms with van der Waals surface area (Å²) in [6.07, 6.45) is 0. The Morgan fingerprint density at radius 2 is 1.95 bits per heavy atom. The molecule has 1 N–H and O–H groups in total. The zero-order chi connectivity index (χ0) is 15.7. The van der Waals surface area contributed by atoms with Crippen molar-refractivity contribution >= 4 is 40.1 Å². The first-order valence-corrected chi connectivity index (χ1v) is 7.01. The molecule has 0 saturated heterocycles. The number of hydrogen-bond donors (Lipinski definition) is 1. The van der Waals surface area contributed by atoms with Gasteiger partial charge in [0.1, 0.15) is 16.5 Å². The second kappa shape index (κ2) is 5.87. The lowest BCUT2D eigenvalue weighted by molar-refractivity contribution is -0.139. The van der Waals surface area contributed by atoms with Gasteiger partial charge in [-0.25, -0.2) is 4.79 Å². The fourth-order valence-corrected chi connectivity index (χ4v) is 2.51. The minimum absolute atomic E-state index is 0.132. The lowest BCUT2D eigenvalue weighted by Gasteiger charge is -2.09. The normalized spacial score (nSPS) is 10.8. The summed E-state index contributed by atoms with van der Waals surface area (Å²) < 4.78 is 10.3. The molecule has 1 aromatic heterocycles. The highest BCUT2D eigenvalue weighted by Crippen LogP contribution is 2.41. The Bertz CT molecular complexity index is 860. The van der Waals surface area contributed by atoms with Gasteiger partial charge in [-0.3, -0.25) is 0 Å². The quantitative estimate of drug-likeness (QED) is 0.769. The van der Waals surface area contributed by atoms with E-state index in [0.29, 0.717) is 16.8 Å². The van der Waals surface area contributed by atoms with E-state index in [0.717, 1.165) is 5.39 Å². The molecule has 3 rings (SSSR count). The Balaban J connectivity index is 2.05. The Labute approximate surface area is 135 Å². The van der Waals surface area contributed by atoms with E-state index in [1.807, 2.05) is 18.2 Å². The van der Waals surface area contributed by atoms with E-state index in [9.17, 15) is 4.79 Å². The van der Waals surface area contributed by atoms with Gasteiger partial charge in [0.2, 0.25) is 0 Å². The zero-order valence-electron chi connectivity index (χ0n) is 11.0. The number of hydrogen-bond acceptors (Lipinski definition) is 4. The van der Waals surface area contributed by atoms with Gasteiger partial charge >= 0.3 is 5.97 Å². The number of fused-ring (bicyclic) bond motifs is 1. The van der Waals surface area contributed by atoms with Crippen molar-refractivity contribution < 1.29 is 19.2 Å². The summed E-state index contributed by atoms with van der Waals surface area (Å²) >= 11 is 12.4. The molecule has 7 heteroatoms. The second-order valence-corrected chi connectivity index (χ2v) is 5.20. The van der Waals surface area contributed by atoms with Crippen LogP contribution in [0.25, 0.3) is 22.2 Å². The van der Waals surface area contributed by atoms with Crippen LogP contribution in [0.4, 0.5) is 0 Å². The molecule has 0 spiro atoms. The Hall–Kier alpha value is -2.24. The largest absolute Gasteiger partial charge is 0.480 e. The second-order valence-electron chi connectivity index (χ2n) is 4.45. The summed E-state index contributed by atoms with van der Waals surface area (Å²) in [6, 6.07) is 10.6. The molecular formula is C15H9Cl2NO4. The molecule has 3 aromatic rings. The lowest BCUT2D eigenvalue weighted by Crippen LogP contribution is -2.09. The van der Waals surface area contributed by atoms with Crippen LogP contribution in [0, 0.1) is 0 Å². The highest BCUT2D eigenvalue weighted by Gasteiger charge is 2.18. The fourth-order valence-electron chi connectivity index (χ4n) is 2.05. The first kappa shape index (κ1) is 14.7. The smallest absolute Gasteiger partial charge is 0.341 e. The van der Waals surface area contributed by atoms with Gasteiger partial charge in [-0.1, -0.05) is 40.5 Å². The number of aromatic nitrogens is 1. The number of para-hydroxylation sites is 1. The van der Waals surface area contributed by atoms with Gasteiger partial charge in [-0.05, 0) is 24.3 Å². The Kier molecular flexibility index (Phi) is 3.92. The number of halogens is 2. The third kappa shape index (κ3) is 2.61. The number of carboxylic acids is 1. The van der Waals surface area contributed by atoms with Crippen molar-refractivity contribution in [2.75, 3.05) is 6.61 Å². The predicted molar refractivity (Wildman–Crippen MR) is 82.6 cm³/mol. The molecule has 0 aliphatic heterocycles. The number of ether oxygens (including phenoxy) is 1. The van der Waals surface area contributed by atoms with Gasteiger partial charge < -0.3 is 14.4 Å². The van der Waals surface area contributed by atoms with Gasteiger partial charge in [-0.15, -0.1) is 0 Å². The summed E-state index contributed by atoms with van der Waals surface area (Å²) in [6.45, 7) is -0.498. The molecule has 0 radical (unpaired) electrons. The summed E-state index contributed by atoms with van der Waals surface area (Å²) in [4.78, 5) is 10.5. The van der Waals surface area contributed by atoms with E-state index in [4.69, 9.17) is 37.6 Å². The van der Waals surface area contributed by atoms with Gasteiger partial charge in [0.05, 0.1) is 5.02 Å². The van der Waals surface area contributed by atoms with E-state index >= 15 is 0 Å². The van der Waals surface area contributed by atoms with Gasteiger partial charge in [0.15, 0.2) is 12.2 Å². The third-order valence-electron chi connectivity index (χ3n) is 3.03. The number of carboxylic acid groups (broad SMARTS) is 1. The van der Waals surface area contributed by atoms with Crippen molar-refractivity contribution in [3.8, 4) is 17.0 Å². The molecule has 2 aromatic carbocycles. The molecule has 0 aliphatic rings. The maximum Gasteiger partial charge on any atom is 0.341 e. The van der Waals surface area contributed by atoms with E-state index in [1.165, 1.54) is 0 Å². The van der Waals surface area contributed by atoms with Gasteiger partial charge in [0.25, 0.3) is 0 Å². The maximum atomic E-state index is 10.5. The van der Waals surface area contributed by atoms with Crippen molar-refractivity contribution in [3.05, 3.63) is 46.4 Å². The Morgan fingerprint density at radius 3 is 2.73 bits per heavy atom. The minimum Gasteiger partial charge on any atom is -0.480 e. The minimum atomic E-state index is -1.10. The molecule has 0 aliphatic carbocycles. The van der Waals surface area contributed by atoms with Crippen LogP contribution in [-0.4, -0.2) is 22.8 Å². The number of benzene rings is 2. The summed E-state index contributed by atoms with van der Waals surface area (Å²) in [5.41, 5.74) is 1.78. The molecule has 112 valence electrons. The van der Waals surface area contributed by atoms with Gasteiger partial charge in [0, 0.05) is 10.9 Å². The highest BCUT2D eigenvalue weighted by atomic mass is 35.5. The third-order valence-corrected chi connectivity index (χ3v) is 3.90. The summed E-state index contributed by atoms with van der Waals surface area (Å²) in [5.74, 6) is -0.899. The molecule has 0 unspecified atom stereocenters. The molecular weight excluding hydrogens is 329 g/mol. The molecule has 0 amide bonds. The van der Waals surface area contributed by atoms with Crippen LogP contribution in [-0.2, 0) is 4.79 Å². The van der Waals surface area contributed by atoms with Crippen LogP contribution in [0.15, 0.2) is 40.9 Å². The molecule has 22 heavy (non-hydrogen) atoms. The van der Waals surface area contributed by atoms with Crippen molar-refractivity contribution in [2.45, 2.75) is 0 Å². The molecule has 0 fully saturated rings. The molecule has 5 nitrogen and oxygen atoms in total. The topological polar surface area (TPSA) is 72.6 Å². The zero-order valence-corrected chi connectivity index (χ0v) is 12.6. The highest BCUT2D eigenvalue weighted by molar-refractivity contribution is 6.44. The summed E-state index contributed by atoms with van der Waals surface area (Å²) in [7, 11) is 0. The van der Waals surface area contributed by atoms with Crippen LogP contribution >= 0.6 is 23.2 Å². The average molecular weight is 338 g/mol. The number of nitrogens with zero attached hydrogens (tertiary/aromatic N) is 1. The lowest BCUT2D eigenvalue weighted by atomic mass is 10.1. The molecule has 0 atom stereocenters. The predicted octanol–water partition coefficient (Wildman–Crippen LogP) is 4.27. The Morgan fingerprint density at radius 1 is 1.18 bits per heavy atom. The number of carbonyl (C=O) groups is 1. The SMILES string of the molecule is O=C(O)COc1ccc(-c2noc3ccccc23)c(Cl)c1Cl. The maximum absolute atomic E-state index is 10.5. The molecule has 0 saturated carbocycles. The number of aliphatic carboxylic acids is 1. The standard InChI is InChI=1S/C15H9Cl2NO4/c16-13-9(5-6-11(14(13)17)21-7-12(19)20)15-8-3-1-2-4-10(8)22-18-15/h1-6H,7H2,(H,19,20). The van der Waals surface area contributed by atoms with Gasteiger partial charge in [-0.2, -0.15) is 0 Å². The van der Waals surface area contributed by atoms with Crippen LogP contribution in [0.2, 0.25) is 10.0 Å². The summed E-state index contributed by atoms with van der Waals surface area (Å²) in [5, 5.41) is 13.8. The van der Waals surface area contributed by atoms with Crippen molar-refractivity contribution in [3.63, 3.8) is 0 Å². The molecule has 0 bridgehead atoms. The van der Waals surface area contributed by atoms with E-state index in [2.05, 4.69) is 5.16 Å². The molecule has 1 heterocycles. The van der Waals surface area contributed by atoms with E-state index in [1.54, 1.807) is 18.2 Å². The van der Waals surface area contributed by atoms with Crippen molar-refractivity contribution in [1.82, 2.24) is 5.16 Å². The van der Waals surface area contributed by atoms with Crippen molar-refractivity contribution in [2.24, 2.45) is 0 Å². The van der Waals surface area contributed by atoms with Crippen LogP contribution in [0.5, 0.6) is 5.75 Å². The van der Waals surface area contributed by atoms with Crippen LogP contribution in [0.3, 0.4) is 0 Å².